The second-order valence-electron chi connectivity index (χ2n) is 8.75. The van der Waals surface area contributed by atoms with Gasteiger partial charge >= 0.3 is 23.9 Å². The van der Waals surface area contributed by atoms with Gasteiger partial charge in [0.1, 0.15) is 12.7 Å². The first kappa shape index (κ1) is 24.3. The average Bonchev–Trinajstić information content (AvgIpc) is 2.63. The molecule has 1 N–H and O–H groups in total. The predicted octanol–water partition coefficient (Wildman–Crippen LogP) is 4.56. The largest absolute Gasteiger partial charge is 0.460 e. The van der Waals surface area contributed by atoms with Crippen molar-refractivity contribution in [3.63, 3.8) is 0 Å². The Bertz CT molecular complexity index is 602. The minimum absolute atomic E-state index is 0.243. The van der Waals surface area contributed by atoms with Gasteiger partial charge in [0.2, 0.25) is 5.79 Å². The Morgan fingerprint density at radius 3 is 2.21 bits per heavy atom. The second-order valence-corrected chi connectivity index (χ2v) is 8.75. The van der Waals surface area contributed by atoms with Gasteiger partial charge < -0.3 is 19.3 Å². The third-order valence-corrected chi connectivity index (χ3v) is 5.91. The van der Waals surface area contributed by atoms with Gasteiger partial charge in [0.25, 0.3) is 0 Å². The highest BCUT2D eigenvalue weighted by Gasteiger charge is 2.79. The summed E-state index contributed by atoms with van der Waals surface area (Å²) in [5, 5.41) is 10.0. The molecule has 1 aliphatic heterocycles. The van der Waals surface area contributed by atoms with Crippen LogP contribution in [-0.4, -0.2) is 47.5 Å². The molecule has 0 bridgehead atoms. The third kappa shape index (κ3) is 4.54. The minimum Gasteiger partial charge on any atom is -0.460 e. The van der Waals surface area contributed by atoms with Gasteiger partial charge in [-0.15, -0.1) is 0 Å². The van der Waals surface area contributed by atoms with Crippen LogP contribution in [0.1, 0.15) is 66.2 Å². The van der Waals surface area contributed by atoms with E-state index < -0.39 is 53.7 Å². The zero-order valence-corrected chi connectivity index (χ0v) is 17.1. The zero-order valence-electron chi connectivity index (χ0n) is 17.1. The molecule has 0 spiro atoms. The number of alkyl halides is 5. The van der Waals surface area contributed by atoms with Gasteiger partial charge in [-0.25, -0.2) is 0 Å². The van der Waals surface area contributed by atoms with Crippen LogP contribution in [-0.2, 0) is 19.0 Å². The van der Waals surface area contributed by atoms with E-state index >= 15 is 0 Å². The summed E-state index contributed by atoms with van der Waals surface area (Å²) in [5.41, 5.74) is -0.932. The summed E-state index contributed by atoms with van der Waals surface area (Å²) in [6.07, 6.45) is -5.22. The van der Waals surface area contributed by atoms with Gasteiger partial charge in [0, 0.05) is 0 Å². The first-order chi connectivity index (χ1) is 13.1. The number of esters is 1. The number of hydrogen-bond acceptors (Lipinski definition) is 5. The number of halogens is 5. The van der Waals surface area contributed by atoms with Crippen molar-refractivity contribution in [2.24, 2.45) is 11.3 Å². The summed E-state index contributed by atoms with van der Waals surface area (Å²) in [6.45, 7) is 4.96. The maximum Gasteiger partial charge on any atom is 0.449 e. The molecule has 1 heterocycles. The van der Waals surface area contributed by atoms with E-state index in [-0.39, 0.29) is 12.8 Å². The summed E-state index contributed by atoms with van der Waals surface area (Å²) < 4.78 is 85.1. The molecule has 3 atom stereocenters. The van der Waals surface area contributed by atoms with Crippen LogP contribution in [0.2, 0.25) is 0 Å². The molecule has 0 radical (unpaired) electrons. The molecule has 0 aromatic carbocycles. The number of hydrogen-bond donors (Lipinski definition) is 1. The van der Waals surface area contributed by atoms with Crippen LogP contribution in [0.3, 0.4) is 0 Å². The van der Waals surface area contributed by atoms with E-state index in [4.69, 9.17) is 9.47 Å². The van der Waals surface area contributed by atoms with Gasteiger partial charge in [0.15, 0.2) is 0 Å². The van der Waals surface area contributed by atoms with E-state index in [0.717, 1.165) is 13.3 Å². The molecule has 5 nitrogen and oxygen atoms in total. The van der Waals surface area contributed by atoms with E-state index in [2.05, 4.69) is 4.74 Å². The maximum atomic E-state index is 14.9. The fourth-order valence-corrected chi connectivity index (χ4v) is 3.62. The van der Waals surface area contributed by atoms with Crippen molar-refractivity contribution in [3.05, 3.63) is 0 Å². The Hall–Kier alpha value is -1.00. The standard InChI is InChI=1S/C19H29F5O5/c1-5-15(2,3)14(25)27-11-16(4)28-13(12-9-7-6-8-10-12)17(20,21)18(26,29-16)19(22,23)24/h12-13,26H,5-11H2,1-4H3. The van der Waals surface area contributed by atoms with Crippen LogP contribution >= 0.6 is 0 Å². The molecule has 2 aliphatic rings. The second kappa shape index (κ2) is 7.92. The number of ether oxygens (including phenoxy) is 3. The summed E-state index contributed by atoms with van der Waals surface area (Å²) in [4.78, 5) is 12.2. The highest BCUT2D eigenvalue weighted by atomic mass is 19.4. The normalized spacial score (nSPS) is 34.1. The van der Waals surface area contributed by atoms with Gasteiger partial charge in [-0.2, -0.15) is 22.0 Å². The fourth-order valence-electron chi connectivity index (χ4n) is 3.62. The smallest absolute Gasteiger partial charge is 0.449 e. The molecule has 1 aliphatic carbocycles. The lowest BCUT2D eigenvalue weighted by atomic mass is 9.80. The molecule has 0 aromatic rings. The lowest BCUT2D eigenvalue weighted by Crippen LogP contribution is -2.74. The summed E-state index contributed by atoms with van der Waals surface area (Å²) >= 11 is 0. The van der Waals surface area contributed by atoms with E-state index in [0.29, 0.717) is 19.3 Å². The SMILES string of the molecule is CCC(C)(C)C(=O)OCC1(C)OC(C2CCCCC2)C(F)(F)C(O)(C(F)(F)F)O1. The Balaban J connectivity index is 2.34. The van der Waals surface area contributed by atoms with Gasteiger partial charge in [-0.05, 0) is 46.0 Å². The summed E-state index contributed by atoms with van der Waals surface area (Å²) in [6, 6.07) is 0. The molecule has 29 heavy (non-hydrogen) atoms. The van der Waals surface area contributed by atoms with Crippen molar-refractivity contribution in [2.45, 2.75) is 96.0 Å². The number of carbonyl (C=O) groups excluding carboxylic acids is 1. The van der Waals surface area contributed by atoms with Crippen molar-refractivity contribution in [2.75, 3.05) is 6.61 Å². The lowest BCUT2D eigenvalue weighted by molar-refractivity contribution is -0.532. The minimum atomic E-state index is -5.79. The summed E-state index contributed by atoms with van der Waals surface area (Å²) in [7, 11) is 0. The Kier molecular flexibility index (Phi) is 6.63. The quantitative estimate of drug-likeness (QED) is 0.510. The number of aliphatic hydroxyl groups is 1. The Morgan fingerprint density at radius 2 is 1.72 bits per heavy atom. The lowest BCUT2D eigenvalue weighted by Gasteiger charge is -2.53. The van der Waals surface area contributed by atoms with Crippen molar-refractivity contribution < 1.29 is 46.1 Å². The average molecular weight is 432 g/mol. The van der Waals surface area contributed by atoms with Crippen LogP contribution in [0, 0.1) is 11.3 Å². The molecule has 2 fully saturated rings. The first-order valence-electron chi connectivity index (χ1n) is 9.82. The Labute approximate surface area is 166 Å². The molecule has 1 saturated heterocycles. The van der Waals surface area contributed by atoms with E-state index in [1.165, 1.54) is 0 Å². The molecule has 3 unspecified atom stereocenters. The molecular formula is C19H29F5O5. The first-order valence-corrected chi connectivity index (χ1v) is 9.82. The van der Waals surface area contributed by atoms with Crippen LogP contribution in [0.15, 0.2) is 0 Å². The molecular weight excluding hydrogens is 403 g/mol. The highest BCUT2D eigenvalue weighted by Crippen LogP contribution is 2.54. The fraction of sp³-hybridized carbons (Fsp3) is 0.947. The predicted molar refractivity (Wildman–Crippen MR) is 91.9 cm³/mol. The van der Waals surface area contributed by atoms with Crippen molar-refractivity contribution >= 4 is 5.97 Å². The highest BCUT2D eigenvalue weighted by molar-refractivity contribution is 5.75. The number of rotatable bonds is 5. The van der Waals surface area contributed by atoms with Crippen LogP contribution < -0.4 is 0 Å². The van der Waals surface area contributed by atoms with E-state index in [1.807, 2.05) is 0 Å². The van der Waals surface area contributed by atoms with Crippen LogP contribution in [0.25, 0.3) is 0 Å². The molecule has 1 saturated carbocycles. The molecule has 0 aromatic heterocycles. The van der Waals surface area contributed by atoms with Crippen molar-refractivity contribution in [3.8, 4) is 0 Å². The van der Waals surface area contributed by atoms with E-state index in [9.17, 15) is 31.9 Å². The molecule has 0 amide bonds. The topological polar surface area (TPSA) is 65.0 Å². The Morgan fingerprint density at radius 1 is 1.17 bits per heavy atom. The molecule has 10 heteroatoms. The van der Waals surface area contributed by atoms with Crippen molar-refractivity contribution in [1.29, 1.82) is 0 Å². The maximum absolute atomic E-state index is 14.9. The van der Waals surface area contributed by atoms with Crippen LogP contribution in [0.4, 0.5) is 22.0 Å². The number of carbonyl (C=O) groups is 1. The zero-order chi connectivity index (χ0) is 22.3. The van der Waals surface area contributed by atoms with Gasteiger partial charge in [0.05, 0.1) is 5.41 Å². The van der Waals surface area contributed by atoms with Gasteiger partial charge in [-0.3, -0.25) is 4.79 Å². The van der Waals surface area contributed by atoms with Crippen molar-refractivity contribution in [1.82, 2.24) is 0 Å². The molecule has 2 rings (SSSR count). The van der Waals surface area contributed by atoms with Crippen LogP contribution in [0.5, 0.6) is 0 Å². The summed E-state index contributed by atoms with van der Waals surface area (Å²) in [5.74, 6) is -13.5. The van der Waals surface area contributed by atoms with E-state index in [1.54, 1.807) is 20.8 Å². The van der Waals surface area contributed by atoms with Gasteiger partial charge in [-0.1, -0.05) is 26.2 Å². The third-order valence-electron chi connectivity index (χ3n) is 5.91. The molecule has 170 valence electrons. The monoisotopic (exact) mass is 432 g/mol.